The zero-order valence-electron chi connectivity index (χ0n) is 10.1. The van der Waals surface area contributed by atoms with Crippen LogP contribution in [0, 0.1) is 5.21 Å². The van der Waals surface area contributed by atoms with Gasteiger partial charge in [0.15, 0.2) is 12.4 Å². The summed E-state index contributed by atoms with van der Waals surface area (Å²) in [5.74, 6) is 0.216. The van der Waals surface area contributed by atoms with Crippen molar-refractivity contribution in [1.82, 2.24) is 0 Å². The highest BCUT2D eigenvalue weighted by Gasteiger charge is 2.08. The van der Waals surface area contributed by atoms with E-state index in [1.165, 1.54) is 31.6 Å². The molecule has 0 aliphatic rings. The highest BCUT2D eigenvalue weighted by molar-refractivity contribution is 6.32. The number of amides is 1. The predicted molar refractivity (Wildman–Crippen MR) is 71.4 cm³/mol. The van der Waals surface area contributed by atoms with E-state index in [9.17, 15) is 10.0 Å². The molecular weight excluding hydrogens is 268 g/mol. The lowest BCUT2D eigenvalue weighted by molar-refractivity contribution is -0.605. The van der Waals surface area contributed by atoms with Crippen LogP contribution in [0.1, 0.15) is 10.4 Å². The molecule has 2 aromatic rings. The van der Waals surface area contributed by atoms with Gasteiger partial charge in [0.1, 0.15) is 5.75 Å². The van der Waals surface area contributed by atoms with Crippen LogP contribution in [0.25, 0.3) is 0 Å². The lowest BCUT2D eigenvalue weighted by atomic mass is 10.2. The van der Waals surface area contributed by atoms with E-state index in [1.54, 1.807) is 18.2 Å². The van der Waals surface area contributed by atoms with Gasteiger partial charge < -0.3 is 15.3 Å². The summed E-state index contributed by atoms with van der Waals surface area (Å²) in [6.45, 7) is 0. The van der Waals surface area contributed by atoms with Gasteiger partial charge in [0, 0.05) is 17.8 Å². The fourth-order valence-corrected chi connectivity index (χ4v) is 1.77. The molecule has 0 aliphatic carbocycles. The molecule has 1 aromatic heterocycles. The molecule has 0 fully saturated rings. The molecule has 5 nitrogen and oxygen atoms in total. The first kappa shape index (κ1) is 13.2. The summed E-state index contributed by atoms with van der Waals surface area (Å²) in [4.78, 5) is 11.9. The number of halogens is 1. The van der Waals surface area contributed by atoms with E-state index in [-0.39, 0.29) is 5.91 Å². The molecule has 0 saturated carbocycles. The molecule has 0 unspecified atom stereocenters. The second-order valence-electron chi connectivity index (χ2n) is 3.75. The van der Waals surface area contributed by atoms with E-state index >= 15 is 0 Å². The van der Waals surface area contributed by atoms with Crippen molar-refractivity contribution >= 4 is 23.2 Å². The summed E-state index contributed by atoms with van der Waals surface area (Å²) in [5, 5.41) is 14.0. The van der Waals surface area contributed by atoms with Gasteiger partial charge in [-0.2, -0.15) is 4.73 Å². The molecule has 6 heteroatoms. The van der Waals surface area contributed by atoms with Crippen LogP contribution >= 0.6 is 11.6 Å². The summed E-state index contributed by atoms with van der Waals surface area (Å²) >= 11 is 5.96. The van der Waals surface area contributed by atoms with Gasteiger partial charge in [-0.1, -0.05) is 11.6 Å². The molecule has 19 heavy (non-hydrogen) atoms. The van der Waals surface area contributed by atoms with Crippen molar-refractivity contribution in [3.63, 3.8) is 0 Å². The number of hydrogen-bond acceptors (Lipinski definition) is 3. The van der Waals surface area contributed by atoms with Crippen molar-refractivity contribution in [3.05, 3.63) is 58.5 Å². The summed E-state index contributed by atoms with van der Waals surface area (Å²) in [7, 11) is 1.52. The van der Waals surface area contributed by atoms with Gasteiger partial charge in [-0.25, -0.2) is 0 Å². The van der Waals surface area contributed by atoms with Gasteiger partial charge in [-0.05, 0) is 18.2 Å². The van der Waals surface area contributed by atoms with E-state index in [0.29, 0.717) is 26.8 Å². The van der Waals surface area contributed by atoms with Crippen molar-refractivity contribution in [2.24, 2.45) is 0 Å². The molecular formula is C13H11ClN2O3. The van der Waals surface area contributed by atoms with Crippen LogP contribution in [0.15, 0.2) is 42.7 Å². The van der Waals surface area contributed by atoms with Gasteiger partial charge in [0.05, 0.1) is 17.7 Å². The Kier molecular flexibility index (Phi) is 3.87. The summed E-state index contributed by atoms with van der Waals surface area (Å²) < 4.78 is 5.63. The lowest BCUT2D eigenvalue weighted by Gasteiger charge is -2.07. The number of anilines is 1. The smallest absolute Gasteiger partial charge is 0.256 e. The van der Waals surface area contributed by atoms with E-state index in [4.69, 9.17) is 16.3 Å². The number of ether oxygens (including phenoxy) is 1. The van der Waals surface area contributed by atoms with Crippen LogP contribution in [0.4, 0.5) is 5.69 Å². The summed E-state index contributed by atoms with van der Waals surface area (Å²) in [6, 6.07) is 7.81. The molecule has 0 radical (unpaired) electrons. The van der Waals surface area contributed by atoms with Gasteiger partial charge in [-0.3, -0.25) is 4.79 Å². The topological polar surface area (TPSA) is 65.3 Å². The summed E-state index contributed by atoms with van der Waals surface area (Å²) in [5.41, 5.74) is 0.939. The number of methoxy groups -OCH3 is 1. The number of carbonyl (C=O) groups excluding carboxylic acids is 1. The highest BCUT2D eigenvalue weighted by atomic mass is 35.5. The average Bonchev–Trinajstić information content (AvgIpc) is 2.39. The Bertz CT molecular complexity index is 599. The van der Waals surface area contributed by atoms with Gasteiger partial charge in [0.2, 0.25) is 0 Å². The van der Waals surface area contributed by atoms with Gasteiger partial charge in [0.25, 0.3) is 5.91 Å². The number of carbonyl (C=O) groups is 1. The first-order valence-electron chi connectivity index (χ1n) is 5.44. The van der Waals surface area contributed by atoms with Crippen molar-refractivity contribution in [2.45, 2.75) is 0 Å². The molecule has 0 saturated heterocycles. The molecule has 0 spiro atoms. The van der Waals surface area contributed by atoms with Crippen LogP contribution in [0.2, 0.25) is 5.02 Å². The first-order chi connectivity index (χ1) is 9.10. The summed E-state index contributed by atoms with van der Waals surface area (Å²) in [6.07, 6.45) is 2.52. The second kappa shape index (κ2) is 5.58. The minimum Gasteiger partial charge on any atom is -0.619 e. The maximum absolute atomic E-state index is 11.9. The van der Waals surface area contributed by atoms with Crippen LogP contribution < -0.4 is 14.8 Å². The largest absolute Gasteiger partial charge is 0.619 e. The zero-order valence-corrected chi connectivity index (χ0v) is 10.8. The Balaban J connectivity index is 2.14. The van der Waals surface area contributed by atoms with Crippen LogP contribution in [0.3, 0.4) is 0 Å². The van der Waals surface area contributed by atoms with Gasteiger partial charge >= 0.3 is 0 Å². The lowest BCUT2D eigenvalue weighted by Crippen LogP contribution is -2.25. The molecule has 0 aliphatic heterocycles. The molecule has 98 valence electrons. The third-order valence-electron chi connectivity index (χ3n) is 2.47. The molecule has 1 heterocycles. The van der Waals surface area contributed by atoms with E-state index in [2.05, 4.69) is 5.32 Å². The monoisotopic (exact) mass is 278 g/mol. The fourth-order valence-electron chi connectivity index (χ4n) is 1.51. The number of rotatable bonds is 3. The predicted octanol–water partition coefficient (Wildman–Crippen LogP) is 2.23. The minimum atomic E-state index is -0.318. The average molecular weight is 279 g/mol. The number of aromatic nitrogens is 1. The standard InChI is InChI=1S/C13H11ClN2O3/c1-19-12-3-2-10(8-11(12)14)15-13(17)9-4-6-16(18)7-5-9/h2-8H,1H3,(H,15,17). The molecule has 0 bridgehead atoms. The number of nitrogens with zero attached hydrogens (tertiary/aromatic N) is 1. The number of hydrogen-bond donors (Lipinski definition) is 1. The molecule has 1 amide bonds. The first-order valence-corrected chi connectivity index (χ1v) is 5.81. The maximum Gasteiger partial charge on any atom is 0.256 e. The number of nitrogens with one attached hydrogen (secondary N) is 1. The fraction of sp³-hybridized carbons (Fsp3) is 0.0769. The van der Waals surface area contributed by atoms with E-state index < -0.39 is 0 Å². The molecule has 1 N–H and O–H groups in total. The Morgan fingerprint density at radius 2 is 2.00 bits per heavy atom. The highest BCUT2D eigenvalue weighted by Crippen LogP contribution is 2.27. The van der Waals surface area contributed by atoms with Crippen molar-refractivity contribution in [1.29, 1.82) is 0 Å². The second-order valence-corrected chi connectivity index (χ2v) is 4.16. The zero-order chi connectivity index (χ0) is 13.8. The van der Waals surface area contributed by atoms with Crippen molar-refractivity contribution in [3.8, 4) is 5.75 Å². The van der Waals surface area contributed by atoms with Crippen LogP contribution in [-0.2, 0) is 0 Å². The molecule has 2 rings (SSSR count). The minimum absolute atomic E-state index is 0.318. The van der Waals surface area contributed by atoms with Crippen molar-refractivity contribution < 1.29 is 14.3 Å². The quantitative estimate of drug-likeness (QED) is 0.692. The Hall–Kier alpha value is -2.27. The Morgan fingerprint density at radius 3 is 2.58 bits per heavy atom. The molecule has 0 atom stereocenters. The third-order valence-corrected chi connectivity index (χ3v) is 2.77. The van der Waals surface area contributed by atoms with Crippen LogP contribution in [0.5, 0.6) is 5.75 Å². The van der Waals surface area contributed by atoms with Crippen molar-refractivity contribution in [2.75, 3.05) is 12.4 Å². The molecule has 1 aromatic carbocycles. The normalized spacial score (nSPS) is 10.0. The van der Waals surface area contributed by atoms with E-state index in [1.807, 2.05) is 0 Å². The Morgan fingerprint density at radius 1 is 1.32 bits per heavy atom. The Labute approximate surface area is 115 Å². The van der Waals surface area contributed by atoms with Gasteiger partial charge in [-0.15, -0.1) is 0 Å². The number of benzene rings is 1. The van der Waals surface area contributed by atoms with Crippen LogP contribution in [-0.4, -0.2) is 13.0 Å². The SMILES string of the molecule is COc1ccc(NC(=O)c2cc[n+]([O-])cc2)cc1Cl. The van der Waals surface area contributed by atoms with E-state index in [0.717, 1.165) is 0 Å². The third kappa shape index (κ3) is 3.14. The number of pyridine rings is 1. The maximum atomic E-state index is 11.9.